The van der Waals surface area contributed by atoms with Crippen molar-refractivity contribution in [3.63, 3.8) is 0 Å². The fraction of sp³-hybridized carbons (Fsp3) is 0.500. The van der Waals surface area contributed by atoms with Crippen molar-refractivity contribution < 1.29 is 73.2 Å². The van der Waals surface area contributed by atoms with E-state index in [9.17, 15) is 33.9 Å². The largest absolute Gasteiger partial charge is 0.480 e. The van der Waals surface area contributed by atoms with Gasteiger partial charge in [-0.3, -0.25) is 24.2 Å². The molecule has 3 aliphatic heterocycles. The van der Waals surface area contributed by atoms with E-state index in [1.165, 1.54) is 35.3 Å². The molecule has 3 aromatic rings. The van der Waals surface area contributed by atoms with Crippen LogP contribution in [-0.2, 0) is 69.9 Å². The number of benzene rings is 3. The minimum absolute atomic E-state index is 0. The third-order valence-corrected chi connectivity index (χ3v) is 13.3. The molecule has 3 saturated heterocycles. The molecule has 9 rings (SSSR count). The molecule has 1 amide bonds. The Morgan fingerprint density at radius 1 is 0.714 bits per heavy atom. The molecule has 0 unspecified atom stereocenters. The molecule has 6 bridgehead atoms. The number of rotatable bonds is 12. The summed E-state index contributed by atoms with van der Waals surface area (Å²) in [5, 5.41) is 12.6. The van der Waals surface area contributed by atoms with Crippen LogP contribution < -0.4 is 11.1 Å². The van der Waals surface area contributed by atoms with E-state index in [-0.39, 0.29) is 95.4 Å². The SMILES string of the molecule is CCOC(=O)C=O.CCOC(=O)[C@@H]1[C@H]2C=C[C@H](C2)N1[C@H](C)c1ccccc1.CCOC(=O)[C@H]1N[C@@H]2CC[C@H]1C2.C[C@@H](N)c1ccccc1.O=C(O)[C@@H]1[C@H]2CC[C@H](C2)N1C(=O)OCc1ccccc1.[CH3-].[Pd]. The van der Waals surface area contributed by atoms with E-state index in [2.05, 4.69) is 58.3 Å². The number of esters is 3. The summed E-state index contributed by atoms with van der Waals surface area (Å²) in [7, 11) is 0. The van der Waals surface area contributed by atoms with E-state index in [1.807, 2.05) is 87.5 Å². The minimum atomic E-state index is -0.922. The monoisotopic (exact) mass is 1060 g/mol. The summed E-state index contributed by atoms with van der Waals surface area (Å²) in [4.78, 5) is 70.1. The molecule has 6 aliphatic rings. The van der Waals surface area contributed by atoms with Gasteiger partial charge in [-0.05, 0) is 108 Å². The van der Waals surface area contributed by atoms with Crippen LogP contribution in [0.3, 0.4) is 0 Å². The molecule has 3 aliphatic carbocycles. The molecule has 15 nitrogen and oxygen atoms in total. The van der Waals surface area contributed by atoms with Gasteiger partial charge in [0.25, 0.3) is 0 Å². The van der Waals surface area contributed by atoms with Crippen molar-refractivity contribution in [1.29, 1.82) is 0 Å². The number of nitrogens with two attached hydrogens (primary N) is 1. The third-order valence-electron chi connectivity index (χ3n) is 13.3. The molecular formula is C54H73N4O11Pd-. The first-order valence-corrected chi connectivity index (χ1v) is 24.1. The topological polar surface area (TPSA) is 204 Å². The van der Waals surface area contributed by atoms with Crippen molar-refractivity contribution in [1.82, 2.24) is 15.1 Å². The number of carbonyl (C=O) groups excluding carboxylic acids is 5. The summed E-state index contributed by atoms with van der Waals surface area (Å²) in [6.45, 7) is 10.9. The van der Waals surface area contributed by atoms with Crippen LogP contribution in [0, 0.1) is 25.2 Å². The van der Waals surface area contributed by atoms with Crippen molar-refractivity contribution in [2.45, 2.75) is 135 Å². The predicted molar refractivity (Wildman–Crippen MR) is 262 cm³/mol. The van der Waals surface area contributed by atoms with Gasteiger partial charge in [0.2, 0.25) is 6.29 Å². The Labute approximate surface area is 427 Å². The number of nitrogens with zero attached hydrogens (tertiary/aromatic N) is 2. The summed E-state index contributed by atoms with van der Waals surface area (Å²) >= 11 is 0. The van der Waals surface area contributed by atoms with Crippen LogP contribution >= 0.6 is 0 Å². The average molecular weight is 1060 g/mol. The zero-order valence-corrected chi connectivity index (χ0v) is 42.9. The van der Waals surface area contributed by atoms with Crippen molar-refractivity contribution in [3.8, 4) is 0 Å². The maximum Gasteiger partial charge on any atom is 0.411 e. The van der Waals surface area contributed by atoms with Crippen molar-refractivity contribution in [2.75, 3.05) is 19.8 Å². The van der Waals surface area contributed by atoms with Crippen LogP contribution in [0.5, 0.6) is 0 Å². The second kappa shape index (κ2) is 29.8. The Hall–Kier alpha value is -5.24. The maximum absolute atomic E-state index is 12.3. The number of carboxylic acids is 1. The molecule has 0 aromatic heterocycles. The first-order chi connectivity index (χ1) is 32.8. The zero-order valence-electron chi connectivity index (χ0n) is 41.3. The first kappa shape index (κ1) is 59.1. The Balaban J connectivity index is 0.000000242. The van der Waals surface area contributed by atoms with Gasteiger partial charge >= 0.3 is 30.0 Å². The number of aldehydes is 1. The van der Waals surface area contributed by atoms with Gasteiger partial charge in [-0.25, -0.2) is 14.4 Å². The molecule has 5 fully saturated rings. The zero-order chi connectivity index (χ0) is 49.2. The number of carbonyl (C=O) groups is 6. The first-order valence-electron chi connectivity index (χ1n) is 24.1. The van der Waals surface area contributed by atoms with Crippen LogP contribution in [0.1, 0.15) is 108 Å². The molecule has 0 radical (unpaired) electrons. The van der Waals surface area contributed by atoms with Gasteiger partial charge in [-0.15, -0.1) is 0 Å². The van der Waals surface area contributed by atoms with Gasteiger partial charge in [-0.2, -0.15) is 0 Å². The van der Waals surface area contributed by atoms with Gasteiger partial charge in [0.05, 0.1) is 19.8 Å². The molecule has 3 aromatic carbocycles. The minimum Gasteiger partial charge on any atom is -0.480 e. The van der Waals surface area contributed by atoms with Crippen LogP contribution in [0.4, 0.5) is 4.79 Å². The number of hydrogen-bond acceptors (Lipinski definition) is 13. The molecule has 4 N–H and O–H groups in total. The van der Waals surface area contributed by atoms with Gasteiger partial charge in [-0.1, -0.05) is 103 Å². The molecule has 3 heterocycles. The summed E-state index contributed by atoms with van der Waals surface area (Å²) in [6, 6.07) is 30.4. The molecular weight excluding hydrogens is 987 g/mol. The van der Waals surface area contributed by atoms with Crippen LogP contribution in [0.15, 0.2) is 103 Å². The van der Waals surface area contributed by atoms with Crippen molar-refractivity contribution >= 4 is 36.3 Å². The number of nitrogens with one attached hydrogen (secondary N) is 1. The average Bonchev–Trinajstić information content (AvgIpc) is 4.25. The predicted octanol–water partition coefficient (Wildman–Crippen LogP) is 7.79. The van der Waals surface area contributed by atoms with E-state index in [0.29, 0.717) is 37.1 Å². The molecule has 16 heteroatoms. The quantitative estimate of drug-likeness (QED) is 0.0302. The third kappa shape index (κ3) is 16.1. The smallest absolute Gasteiger partial charge is 0.411 e. The van der Waals surface area contributed by atoms with Crippen LogP contribution in [-0.4, -0.2) is 107 Å². The van der Waals surface area contributed by atoms with Crippen LogP contribution in [0.2, 0.25) is 0 Å². The molecule has 11 atom stereocenters. The normalized spacial score (nSPS) is 25.4. The van der Waals surface area contributed by atoms with Gasteiger partial charge < -0.3 is 42.5 Å². The number of aliphatic carboxylic acids is 1. The second-order valence-electron chi connectivity index (χ2n) is 17.8. The number of piperidine rings is 2. The fourth-order valence-electron chi connectivity index (χ4n) is 10.2. The van der Waals surface area contributed by atoms with Crippen molar-refractivity contribution in [3.05, 3.63) is 127 Å². The Kier molecular flexibility index (Phi) is 25.2. The molecule has 0 spiro atoms. The van der Waals surface area contributed by atoms with Gasteiger partial charge in [0, 0.05) is 56.5 Å². The maximum atomic E-state index is 12.3. The van der Waals surface area contributed by atoms with E-state index in [1.54, 1.807) is 6.92 Å². The van der Waals surface area contributed by atoms with E-state index < -0.39 is 24.1 Å². The Morgan fingerprint density at radius 3 is 1.79 bits per heavy atom. The number of likely N-dealkylation sites (tertiary alicyclic amines) is 2. The van der Waals surface area contributed by atoms with Gasteiger partial charge in [0.1, 0.15) is 24.7 Å². The van der Waals surface area contributed by atoms with Gasteiger partial charge in [0.15, 0.2) is 0 Å². The Morgan fingerprint density at radius 2 is 1.29 bits per heavy atom. The van der Waals surface area contributed by atoms with E-state index in [4.69, 9.17) is 19.9 Å². The summed E-state index contributed by atoms with van der Waals surface area (Å²) in [5.74, 6) is -0.908. The molecule has 2 saturated carbocycles. The summed E-state index contributed by atoms with van der Waals surface area (Å²) in [5.41, 5.74) is 8.96. The summed E-state index contributed by atoms with van der Waals surface area (Å²) < 4.78 is 19.7. The molecule has 70 heavy (non-hydrogen) atoms. The number of amides is 1. The Bertz CT molecular complexity index is 2110. The number of fused-ring (bicyclic) bond motifs is 6. The van der Waals surface area contributed by atoms with E-state index in [0.717, 1.165) is 31.2 Å². The van der Waals surface area contributed by atoms with Crippen molar-refractivity contribution in [2.24, 2.45) is 23.5 Å². The standard InChI is InChI=1S/C17H21NO2.C15H17NO4.C9H15NO2.C8H11N.C4H6O3.CH3.Pd/c1-3-20-17(19)16-14-9-10-15(11-14)18(16)12(2)13-7-5-4-6-8-13;17-14(18)13-11-6-7-12(8-11)16(13)15(19)20-9-10-4-2-1-3-5-10;1-2-12-9(11)8-6-3-4-7(5-6)10-8;1-7(9)8-5-3-2-4-6-8;1-2-7-4(6)3-5;;/h4-10,12,14-16H,3,11H2,1-2H3;1-5,11-13H,6-9H2,(H,17,18);6-8,10H,2-5H2,1H3;2-7H,9H2,1H3;3H,2H2,1H3;1H3;/q;;;;;-1;/t12-,14+,15-,16+;11-,12+,13-;6-,7+,8-;7-;;;/m1001.../s1. The van der Waals surface area contributed by atoms with E-state index >= 15 is 0 Å². The molecule has 386 valence electrons. The number of hydrogen-bond donors (Lipinski definition) is 3. The number of carboxylic acid groups (broad SMARTS) is 1. The second-order valence-corrected chi connectivity index (χ2v) is 17.8. The fourth-order valence-corrected chi connectivity index (χ4v) is 10.2. The number of ether oxygens (including phenoxy) is 4. The summed E-state index contributed by atoms with van der Waals surface area (Å²) in [6.07, 6.45) is 11.3. The van der Waals surface area contributed by atoms with Crippen LogP contribution in [0.25, 0.3) is 0 Å².